The SMILES string of the molecule is C#CC.CC.c1ccc(OC2CCCCCC2)cc1. The molecule has 2 rings (SSSR count). The van der Waals surface area contributed by atoms with E-state index in [0.717, 1.165) is 5.75 Å². The first-order chi connectivity index (χ1) is 9.36. The number of rotatable bonds is 2. The van der Waals surface area contributed by atoms with Crippen LogP contribution >= 0.6 is 0 Å². The molecule has 1 fully saturated rings. The molecule has 1 aliphatic rings. The van der Waals surface area contributed by atoms with Crippen LogP contribution in [0.1, 0.15) is 59.3 Å². The maximum absolute atomic E-state index is 5.94. The Bertz CT molecular complexity index is 315. The molecular weight excluding hydrogens is 232 g/mol. The molecule has 1 aliphatic carbocycles. The van der Waals surface area contributed by atoms with Crippen LogP contribution < -0.4 is 4.74 Å². The van der Waals surface area contributed by atoms with Crippen LogP contribution in [0.3, 0.4) is 0 Å². The van der Waals surface area contributed by atoms with E-state index in [4.69, 9.17) is 4.74 Å². The van der Waals surface area contributed by atoms with Crippen molar-refractivity contribution in [3.8, 4) is 18.1 Å². The van der Waals surface area contributed by atoms with E-state index < -0.39 is 0 Å². The third-order valence-corrected chi connectivity index (χ3v) is 2.85. The zero-order valence-corrected chi connectivity index (χ0v) is 12.7. The van der Waals surface area contributed by atoms with Gasteiger partial charge in [0.05, 0.1) is 6.10 Å². The molecule has 1 saturated carbocycles. The highest BCUT2D eigenvalue weighted by molar-refractivity contribution is 5.21. The van der Waals surface area contributed by atoms with E-state index in [1.54, 1.807) is 6.92 Å². The molecule has 0 saturated heterocycles. The van der Waals surface area contributed by atoms with E-state index in [1.807, 2.05) is 44.2 Å². The Morgan fingerprint density at radius 1 is 1.00 bits per heavy atom. The Morgan fingerprint density at radius 3 is 1.95 bits per heavy atom. The summed E-state index contributed by atoms with van der Waals surface area (Å²) in [6.45, 7) is 5.65. The van der Waals surface area contributed by atoms with Gasteiger partial charge in [0, 0.05) is 0 Å². The lowest BCUT2D eigenvalue weighted by Gasteiger charge is -2.16. The van der Waals surface area contributed by atoms with Gasteiger partial charge in [0.2, 0.25) is 0 Å². The Morgan fingerprint density at radius 2 is 1.47 bits per heavy atom. The summed E-state index contributed by atoms with van der Waals surface area (Å²) in [4.78, 5) is 0. The smallest absolute Gasteiger partial charge is 0.119 e. The Balaban J connectivity index is 0.000000573. The largest absolute Gasteiger partial charge is 0.490 e. The van der Waals surface area contributed by atoms with Crippen molar-refractivity contribution in [2.24, 2.45) is 0 Å². The van der Waals surface area contributed by atoms with Crippen LogP contribution in [0.15, 0.2) is 30.3 Å². The second-order valence-corrected chi connectivity index (χ2v) is 4.33. The molecule has 1 heteroatoms. The molecule has 19 heavy (non-hydrogen) atoms. The molecule has 0 atom stereocenters. The minimum atomic E-state index is 0.458. The lowest BCUT2D eigenvalue weighted by Crippen LogP contribution is -2.14. The standard InChI is InChI=1S/C13H18O.C3H4.C2H6/c1-2-5-9-12(8-4-1)14-13-10-6-3-7-11-13;1-3-2;1-2/h3,6-7,10-12H,1-2,4-5,8-9H2;1H,2H3;1-2H3. The van der Waals surface area contributed by atoms with Crippen molar-refractivity contribution in [2.75, 3.05) is 0 Å². The van der Waals surface area contributed by atoms with E-state index in [0.29, 0.717) is 6.10 Å². The monoisotopic (exact) mass is 260 g/mol. The van der Waals surface area contributed by atoms with Crippen LogP contribution in [0, 0.1) is 12.3 Å². The first-order valence-corrected chi connectivity index (χ1v) is 7.46. The van der Waals surface area contributed by atoms with Crippen molar-refractivity contribution >= 4 is 0 Å². The molecule has 0 radical (unpaired) electrons. The van der Waals surface area contributed by atoms with Gasteiger partial charge in [-0.05, 0) is 44.7 Å². The molecule has 0 N–H and O–H groups in total. The molecule has 0 aliphatic heterocycles. The average molecular weight is 260 g/mol. The quantitative estimate of drug-likeness (QED) is 0.507. The minimum absolute atomic E-state index is 0.458. The maximum atomic E-state index is 5.94. The maximum Gasteiger partial charge on any atom is 0.119 e. The van der Waals surface area contributed by atoms with E-state index in [9.17, 15) is 0 Å². The summed E-state index contributed by atoms with van der Waals surface area (Å²) >= 11 is 0. The van der Waals surface area contributed by atoms with Crippen molar-refractivity contribution in [3.05, 3.63) is 30.3 Å². The van der Waals surface area contributed by atoms with Crippen LogP contribution in [0.25, 0.3) is 0 Å². The molecule has 0 unspecified atom stereocenters. The highest BCUT2D eigenvalue weighted by atomic mass is 16.5. The van der Waals surface area contributed by atoms with Gasteiger partial charge in [-0.25, -0.2) is 0 Å². The highest BCUT2D eigenvalue weighted by Crippen LogP contribution is 2.22. The van der Waals surface area contributed by atoms with Crippen LogP contribution in [0.5, 0.6) is 5.75 Å². The predicted molar refractivity (Wildman–Crippen MR) is 84.4 cm³/mol. The molecule has 0 aromatic heterocycles. The lowest BCUT2D eigenvalue weighted by molar-refractivity contribution is 0.184. The molecule has 1 nitrogen and oxygen atoms in total. The van der Waals surface area contributed by atoms with Crippen LogP contribution in [0.2, 0.25) is 0 Å². The van der Waals surface area contributed by atoms with Gasteiger partial charge < -0.3 is 4.74 Å². The van der Waals surface area contributed by atoms with Crippen molar-refractivity contribution in [2.45, 2.75) is 65.4 Å². The van der Waals surface area contributed by atoms with Crippen molar-refractivity contribution in [3.63, 3.8) is 0 Å². The number of para-hydroxylation sites is 1. The van der Waals surface area contributed by atoms with Gasteiger partial charge in [-0.1, -0.05) is 44.9 Å². The third kappa shape index (κ3) is 9.19. The number of hydrogen-bond acceptors (Lipinski definition) is 1. The second kappa shape index (κ2) is 13.0. The van der Waals surface area contributed by atoms with Crippen molar-refractivity contribution in [1.29, 1.82) is 0 Å². The summed E-state index contributed by atoms with van der Waals surface area (Å²) in [6.07, 6.45) is 12.9. The molecule has 0 amide bonds. The zero-order valence-electron chi connectivity index (χ0n) is 12.7. The van der Waals surface area contributed by atoms with E-state index in [2.05, 4.69) is 12.3 Å². The van der Waals surface area contributed by atoms with Crippen LogP contribution in [-0.4, -0.2) is 6.10 Å². The summed E-state index contributed by atoms with van der Waals surface area (Å²) in [7, 11) is 0. The van der Waals surface area contributed by atoms with Crippen molar-refractivity contribution in [1.82, 2.24) is 0 Å². The number of benzene rings is 1. The zero-order chi connectivity index (χ0) is 14.3. The van der Waals surface area contributed by atoms with Gasteiger partial charge >= 0.3 is 0 Å². The number of terminal acetylenes is 1. The van der Waals surface area contributed by atoms with E-state index in [-0.39, 0.29) is 0 Å². The Labute approximate surface area is 119 Å². The van der Waals surface area contributed by atoms with Crippen LogP contribution in [0.4, 0.5) is 0 Å². The first-order valence-electron chi connectivity index (χ1n) is 7.46. The summed E-state index contributed by atoms with van der Waals surface area (Å²) in [5, 5.41) is 0. The average Bonchev–Trinajstić information content (AvgIpc) is 2.72. The fraction of sp³-hybridized carbons (Fsp3) is 0.556. The summed E-state index contributed by atoms with van der Waals surface area (Å²) in [5.74, 6) is 3.28. The van der Waals surface area contributed by atoms with Crippen molar-refractivity contribution < 1.29 is 4.74 Å². The normalized spacial score (nSPS) is 14.6. The third-order valence-electron chi connectivity index (χ3n) is 2.85. The van der Waals surface area contributed by atoms with Gasteiger partial charge in [0.1, 0.15) is 5.75 Å². The lowest BCUT2D eigenvalue weighted by atomic mass is 10.1. The first kappa shape index (κ1) is 17.6. The summed E-state index contributed by atoms with van der Waals surface area (Å²) < 4.78 is 5.94. The van der Waals surface area contributed by atoms with E-state index in [1.165, 1.54) is 38.5 Å². The molecule has 0 bridgehead atoms. The minimum Gasteiger partial charge on any atom is -0.490 e. The Kier molecular flexibility index (Phi) is 12.0. The fourth-order valence-electron chi connectivity index (χ4n) is 2.05. The molecule has 0 heterocycles. The van der Waals surface area contributed by atoms with E-state index >= 15 is 0 Å². The second-order valence-electron chi connectivity index (χ2n) is 4.33. The predicted octanol–water partition coefficient (Wildman–Crippen LogP) is 5.45. The Hall–Kier alpha value is -1.42. The summed E-state index contributed by atoms with van der Waals surface area (Å²) in [6, 6.07) is 10.2. The topological polar surface area (TPSA) is 9.23 Å². The van der Waals surface area contributed by atoms with Gasteiger partial charge in [0.15, 0.2) is 0 Å². The molecule has 106 valence electrons. The van der Waals surface area contributed by atoms with Gasteiger partial charge in [-0.2, -0.15) is 0 Å². The molecular formula is C18H28O. The molecule has 1 aromatic carbocycles. The van der Waals surface area contributed by atoms with Gasteiger partial charge in [-0.3, -0.25) is 0 Å². The highest BCUT2D eigenvalue weighted by Gasteiger charge is 2.12. The van der Waals surface area contributed by atoms with Gasteiger partial charge in [-0.15, -0.1) is 12.3 Å². The van der Waals surface area contributed by atoms with Gasteiger partial charge in [0.25, 0.3) is 0 Å². The number of hydrogen-bond donors (Lipinski definition) is 0. The van der Waals surface area contributed by atoms with Crippen LogP contribution in [-0.2, 0) is 0 Å². The summed E-state index contributed by atoms with van der Waals surface area (Å²) in [5.41, 5.74) is 0. The number of ether oxygens (including phenoxy) is 1. The molecule has 0 spiro atoms. The molecule has 1 aromatic rings. The fourth-order valence-corrected chi connectivity index (χ4v) is 2.05.